The fourth-order valence-corrected chi connectivity index (χ4v) is 1.49. The molecule has 1 aromatic rings. The quantitative estimate of drug-likeness (QED) is 0.432. The Bertz CT molecular complexity index is 349. The van der Waals surface area contributed by atoms with Crippen molar-refractivity contribution in [1.29, 1.82) is 0 Å². The summed E-state index contributed by atoms with van der Waals surface area (Å²) >= 11 is 0. The molecule has 0 aliphatic rings. The first-order chi connectivity index (χ1) is 8.09. The van der Waals surface area contributed by atoms with Crippen molar-refractivity contribution < 1.29 is 10.0 Å². The molecular weight excluding hydrogens is 220 g/mol. The third-order valence-corrected chi connectivity index (χ3v) is 2.45. The molecule has 0 spiro atoms. The van der Waals surface area contributed by atoms with Crippen LogP contribution in [0.4, 0.5) is 5.69 Å². The van der Waals surface area contributed by atoms with Crippen LogP contribution < -0.4 is 5.32 Å². The summed E-state index contributed by atoms with van der Waals surface area (Å²) < 4.78 is 0. The van der Waals surface area contributed by atoms with E-state index in [1.165, 1.54) is 12.1 Å². The van der Waals surface area contributed by atoms with Gasteiger partial charge in [0.2, 0.25) is 0 Å². The van der Waals surface area contributed by atoms with Crippen LogP contribution in [-0.2, 0) is 6.54 Å². The Labute approximate surface area is 101 Å². The zero-order chi connectivity index (χ0) is 12.7. The van der Waals surface area contributed by atoms with E-state index < -0.39 is 4.92 Å². The van der Waals surface area contributed by atoms with Gasteiger partial charge in [0.1, 0.15) is 0 Å². The van der Waals surface area contributed by atoms with Gasteiger partial charge in [0.05, 0.1) is 11.0 Å². The summed E-state index contributed by atoms with van der Waals surface area (Å²) in [6.07, 6.45) is 1.45. The first kappa shape index (κ1) is 13.6. The van der Waals surface area contributed by atoms with Crippen molar-refractivity contribution in [2.45, 2.75) is 32.4 Å². The summed E-state index contributed by atoms with van der Waals surface area (Å²) in [5, 5.41) is 22.7. The van der Waals surface area contributed by atoms with E-state index in [0.717, 1.165) is 24.9 Å². The van der Waals surface area contributed by atoms with Gasteiger partial charge in [-0.15, -0.1) is 0 Å². The molecule has 94 valence electrons. The number of rotatable bonds is 7. The summed E-state index contributed by atoms with van der Waals surface area (Å²) in [5.41, 5.74) is 1.13. The van der Waals surface area contributed by atoms with Crippen LogP contribution in [0.2, 0.25) is 0 Å². The van der Waals surface area contributed by atoms with E-state index in [2.05, 4.69) is 5.32 Å². The molecule has 1 unspecified atom stereocenters. The molecule has 5 heteroatoms. The van der Waals surface area contributed by atoms with Crippen molar-refractivity contribution in [3.63, 3.8) is 0 Å². The summed E-state index contributed by atoms with van der Waals surface area (Å²) in [6.45, 7) is 3.30. The number of aliphatic hydroxyl groups excluding tert-OH is 1. The summed E-state index contributed by atoms with van der Waals surface area (Å²) in [7, 11) is 0. The van der Waals surface area contributed by atoms with E-state index in [9.17, 15) is 10.1 Å². The first-order valence-corrected chi connectivity index (χ1v) is 5.71. The van der Waals surface area contributed by atoms with Crippen LogP contribution >= 0.6 is 0 Å². The van der Waals surface area contributed by atoms with Crippen molar-refractivity contribution in [2.75, 3.05) is 6.54 Å². The Kier molecular flexibility index (Phi) is 5.59. The maximum Gasteiger partial charge on any atom is 0.269 e. The molecule has 17 heavy (non-hydrogen) atoms. The molecule has 0 saturated carbocycles. The van der Waals surface area contributed by atoms with E-state index in [4.69, 9.17) is 5.11 Å². The van der Waals surface area contributed by atoms with Crippen LogP contribution in [0.15, 0.2) is 24.3 Å². The molecule has 0 aromatic heterocycles. The van der Waals surface area contributed by atoms with Crippen LogP contribution in [-0.4, -0.2) is 22.7 Å². The number of nitrogens with one attached hydrogen (secondary N) is 1. The molecule has 0 amide bonds. The third kappa shape index (κ3) is 5.42. The number of nitro groups is 1. The molecule has 5 nitrogen and oxygen atoms in total. The molecule has 1 aromatic carbocycles. The summed E-state index contributed by atoms with van der Waals surface area (Å²) in [5.74, 6) is 0. The number of nitrogens with zero attached hydrogens (tertiary/aromatic N) is 1. The van der Waals surface area contributed by atoms with E-state index in [1.54, 1.807) is 19.1 Å². The van der Waals surface area contributed by atoms with E-state index in [1.807, 2.05) is 0 Å². The highest BCUT2D eigenvalue weighted by Gasteiger charge is 2.03. The molecule has 0 fully saturated rings. The van der Waals surface area contributed by atoms with Gasteiger partial charge in [-0.2, -0.15) is 0 Å². The molecule has 0 heterocycles. The SMILES string of the molecule is CC(O)CCCNCc1ccc([N+](=O)[O-])cc1. The second kappa shape index (κ2) is 6.98. The van der Waals surface area contributed by atoms with Crippen LogP contribution in [0.25, 0.3) is 0 Å². The molecule has 0 aliphatic carbocycles. The van der Waals surface area contributed by atoms with E-state index in [0.29, 0.717) is 6.54 Å². The lowest BCUT2D eigenvalue weighted by Crippen LogP contribution is -2.16. The number of hydrogen-bond acceptors (Lipinski definition) is 4. The molecule has 2 N–H and O–H groups in total. The van der Waals surface area contributed by atoms with Crippen molar-refractivity contribution in [1.82, 2.24) is 5.32 Å². The molecule has 1 rings (SSSR count). The van der Waals surface area contributed by atoms with Crippen molar-refractivity contribution >= 4 is 5.69 Å². The van der Waals surface area contributed by atoms with Crippen LogP contribution in [0, 0.1) is 10.1 Å². The minimum Gasteiger partial charge on any atom is -0.393 e. The Balaban J connectivity index is 2.25. The lowest BCUT2D eigenvalue weighted by Gasteiger charge is -2.06. The fraction of sp³-hybridized carbons (Fsp3) is 0.500. The smallest absolute Gasteiger partial charge is 0.269 e. The normalized spacial score (nSPS) is 12.4. The topological polar surface area (TPSA) is 75.4 Å². The highest BCUT2D eigenvalue weighted by molar-refractivity contribution is 5.32. The third-order valence-electron chi connectivity index (χ3n) is 2.45. The minimum absolute atomic E-state index is 0.114. The highest BCUT2D eigenvalue weighted by atomic mass is 16.6. The number of aliphatic hydroxyl groups is 1. The molecule has 0 saturated heterocycles. The monoisotopic (exact) mass is 238 g/mol. The minimum atomic E-state index is -0.403. The number of hydrogen-bond donors (Lipinski definition) is 2. The molecule has 1 atom stereocenters. The van der Waals surface area contributed by atoms with Gasteiger partial charge in [0, 0.05) is 18.7 Å². The first-order valence-electron chi connectivity index (χ1n) is 5.71. The van der Waals surface area contributed by atoms with Gasteiger partial charge in [0.25, 0.3) is 5.69 Å². The molecule has 0 bridgehead atoms. The van der Waals surface area contributed by atoms with Gasteiger partial charge >= 0.3 is 0 Å². The standard InChI is InChI=1S/C12H18N2O3/c1-10(15)3-2-8-13-9-11-4-6-12(7-5-11)14(16)17/h4-7,10,13,15H,2-3,8-9H2,1H3. The van der Waals surface area contributed by atoms with Crippen molar-refractivity contribution in [2.24, 2.45) is 0 Å². The van der Waals surface area contributed by atoms with E-state index >= 15 is 0 Å². The Morgan fingerprint density at radius 3 is 2.59 bits per heavy atom. The predicted octanol–water partition coefficient (Wildman–Crippen LogP) is 1.85. The average molecular weight is 238 g/mol. The van der Waals surface area contributed by atoms with Gasteiger partial charge in [-0.25, -0.2) is 0 Å². The number of nitro benzene ring substituents is 1. The maximum absolute atomic E-state index is 10.4. The number of non-ortho nitro benzene ring substituents is 1. The zero-order valence-corrected chi connectivity index (χ0v) is 9.93. The van der Waals surface area contributed by atoms with Crippen molar-refractivity contribution in [3.8, 4) is 0 Å². The van der Waals surface area contributed by atoms with Crippen LogP contribution in [0.1, 0.15) is 25.3 Å². The Morgan fingerprint density at radius 1 is 1.41 bits per heavy atom. The highest BCUT2D eigenvalue weighted by Crippen LogP contribution is 2.11. The van der Waals surface area contributed by atoms with Gasteiger partial charge in [0.15, 0.2) is 0 Å². The fourth-order valence-electron chi connectivity index (χ4n) is 1.49. The lowest BCUT2D eigenvalue weighted by molar-refractivity contribution is -0.384. The maximum atomic E-state index is 10.4. The molecular formula is C12H18N2O3. The second-order valence-corrected chi connectivity index (χ2v) is 4.09. The van der Waals surface area contributed by atoms with Crippen LogP contribution in [0.5, 0.6) is 0 Å². The second-order valence-electron chi connectivity index (χ2n) is 4.09. The zero-order valence-electron chi connectivity index (χ0n) is 9.93. The predicted molar refractivity (Wildman–Crippen MR) is 65.7 cm³/mol. The molecule has 0 radical (unpaired) electrons. The van der Waals surface area contributed by atoms with E-state index in [-0.39, 0.29) is 11.8 Å². The van der Waals surface area contributed by atoms with Crippen molar-refractivity contribution in [3.05, 3.63) is 39.9 Å². The lowest BCUT2D eigenvalue weighted by atomic mass is 10.2. The summed E-state index contributed by atoms with van der Waals surface area (Å²) in [4.78, 5) is 10.0. The average Bonchev–Trinajstić information content (AvgIpc) is 2.29. The molecule has 0 aliphatic heterocycles. The Morgan fingerprint density at radius 2 is 2.06 bits per heavy atom. The van der Waals surface area contributed by atoms with Gasteiger partial charge < -0.3 is 10.4 Å². The Hall–Kier alpha value is -1.46. The van der Waals surface area contributed by atoms with Gasteiger partial charge in [-0.3, -0.25) is 10.1 Å². The van der Waals surface area contributed by atoms with Gasteiger partial charge in [-0.1, -0.05) is 12.1 Å². The van der Waals surface area contributed by atoms with Crippen LogP contribution in [0.3, 0.4) is 0 Å². The largest absolute Gasteiger partial charge is 0.393 e. The van der Waals surface area contributed by atoms with Gasteiger partial charge in [-0.05, 0) is 31.9 Å². The summed E-state index contributed by atoms with van der Waals surface area (Å²) in [6, 6.07) is 6.51. The number of benzene rings is 1.